The van der Waals surface area contributed by atoms with E-state index in [2.05, 4.69) is 32.8 Å². The Kier molecular flexibility index (Phi) is 3.67. The van der Waals surface area contributed by atoms with Gasteiger partial charge in [-0.1, -0.05) is 27.2 Å². The van der Waals surface area contributed by atoms with Crippen molar-refractivity contribution in [1.29, 1.82) is 0 Å². The summed E-state index contributed by atoms with van der Waals surface area (Å²) in [6, 6.07) is 0. The Labute approximate surface area is 93.0 Å². The fraction of sp³-hybridized carbons (Fsp3) is 0.846. The van der Waals surface area contributed by atoms with Gasteiger partial charge in [-0.25, -0.2) is 0 Å². The summed E-state index contributed by atoms with van der Waals surface area (Å²) in [4.78, 5) is 0. The molecule has 1 fully saturated rings. The molecule has 0 heterocycles. The Hall–Kier alpha value is -0.680. The van der Waals surface area contributed by atoms with Crippen molar-refractivity contribution in [3.63, 3.8) is 0 Å². The maximum absolute atomic E-state index is 10.6. The number of hydrogen-bond donors (Lipinski definition) is 1. The van der Waals surface area contributed by atoms with Crippen LogP contribution in [0, 0.1) is 23.4 Å². The third kappa shape index (κ3) is 2.29. The molecule has 2 nitrogen and oxygen atoms in total. The number of hydrogen-bond acceptors (Lipinski definition) is 2. The second-order valence-electron chi connectivity index (χ2n) is 5.10. The summed E-state index contributed by atoms with van der Waals surface area (Å²) in [6.07, 6.45) is 5.87. The first-order chi connectivity index (χ1) is 6.94. The standard InChI is InChI=1S/C13H22O2/c1-5-15-10-9-13(14)11(2)7-6-8-12(13,3)4/h11,14H,5-8H2,1-4H3. The van der Waals surface area contributed by atoms with Gasteiger partial charge in [0.1, 0.15) is 11.7 Å². The molecule has 2 heteroatoms. The van der Waals surface area contributed by atoms with Crippen LogP contribution >= 0.6 is 0 Å². The predicted octanol–water partition coefficient (Wildman–Crippen LogP) is 2.56. The molecule has 0 spiro atoms. The summed E-state index contributed by atoms with van der Waals surface area (Å²) in [5.41, 5.74) is -1.05. The van der Waals surface area contributed by atoms with Crippen molar-refractivity contribution in [3.8, 4) is 12.0 Å². The molecule has 2 atom stereocenters. The van der Waals surface area contributed by atoms with Gasteiger partial charge >= 0.3 is 0 Å². The molecule has 1 aliphatic rings. The summed E-state index contributed by atoms with van der Waals surface area (Å²) in [6.45, 7) is 8.71. The van der Waals surface area contributed by atoms with Gasteiger partial charge in [0, 0.05) is 5.41 Å². The first kappa shape index (κ1) is 12.4. The maximum Gasteiger partial charge on any atom is 0.136 e. The van der Waals surface area contributed by atoms with Crippen LogP contribution in [0.4, 0.5) is 0 Å². The van der Waals surface area contributed by atoms with Gasteiger partial charge in [0.15, 0.2) is 0 Å². The minimum Gasteiger partial charge on any atom is -0.447 e. The van der Waals surface area contributed by atoms with E-state index >= 15 is 0 Å². The van der Waals surface area contributed by atoms with E-state index in [0.29, 0.717) is 6.61 Å². The first-order valence-electron chi connectivity index (χ1n) is 5.80. The summed E-state index contributed by atoms with van der Waals surface area (Å²) in [5.74, 6) is 3.14. The first-order valence-corrected chi connectivity index (χ1v) is 5.80. The van der Waals surface area contributed by atoms with E-state index in [-0.39, 0.29) is 11.3 Å². The summed E-state index contributed by atoms with van der Waals surface area (Å²) >= 11 is 0. The molecule has 1 saturated carbocycles. The lowest BCUT2D eigenvalue weighted by atomic mass is 9.61. The Bertz CT molecular complexity index is 272. The molecule has 0 saturated heterocycles. The minimum atomic E-state index is -0.902. The molecule has 1 N–H and O–H groups in total. The van der Waals surface area contributed by atoms with E-state index in [1.807, 2.05) is 6.92 Å². The van der Waals surface area contributed by atoms with Gasteiger partial charge in [-0.3, -0.25) is 0 Å². The van der Waals surface area contributed by atoms with Gasteiger partial charge in [-0.15, -0.1) is 0 Å². The lowest BCUT2D eigenvalue weighted by Crippen LogP contribution is -2.51. The molecule has 0 radical (unpaired) electrons. The molecule has 86 valence electrons. The lowest BCUT2D eigenvalue weighted by molar-refractivity contribution is -0.0865. The maximum atomic E-state index is 10.6. The average Bonchev–Trinajstić information content (AvgIpc) is 2.15. The zero-order chi connectivity index (χ0) is 11.5. The van der Waals surface area contributed by atoms with Crippen molar-refractivity contribution < 1.29 is 9.84 Å². The van der Waals surface area contributed by atoms with Crippen molar-refractivity contribution in [2.24, 2.45) is 11.3 Å². The Balaban J connectivity index is 2.90. The molecule has 0 aromatic rings. The van der Waals surface area contributed by atoms with Crippen molar-refractivity contribution in [2.45, 2.75) is 52.6 Å². The topological polar surface area (TPSA) is 29.5 Å². The molecular weight excluding hydrogens is 188 g/mol. The second-order valence-corrected chi connectivity index (χ2v) is 5.10. The van der Waals surface area contributed by atoms with E-state index in [1.54, 1.807) is 0 Å². The van der Waals surface area contributed by atoms with Crippen LogP contribution in [0.1, 0.15) is 47.0 Å². The zero-order valence-corrected chi connectivity index (χ0v) is 10.3. The molecule has 0 aromatic heterocycles. The van der Waals surface area contributed by atoms with Crippen LogP contribution in [0.2, 0.25) is 0 Å². The van der Waals surface area contributed by atoms with Crippen LogP contribution in [0.5, 0.6) is 0 Å². The van der Waals surface area contributed by atoms with Gasteiger partial charge in [0.05, 0.1) is 6.61 Å². The third-order valence-electron chi connectivity index (χ3n) is 3.64. The van der Waals surface area contributed by atoms with Crippen LogP contribution in [0.3, 0.4) is 0 Å². The second kappa shape index (κ2) is 4.45. The largest absolute Gasteiger partial charge is 0.447 e. The van der Waals surface area contributed by atoms with Crippen molar-refractivity contribution in [2.75, 3.05) is 6.61 Å². The fourth-order valence-electron chi connectivity index (χ4n) is 2.40. The van der Waals surface area contributed by atoms with Gasteiger partial charge in [0.25, 0.3) is 0 Å². The Morgan fingerprint density at radius 3 is 2.67 bits per heavy atom. The van der Waals surface area contributed by atoms with Gasteiger partial charge in [-0.2, -0.15) is 0 Å². The Morgan fingerprint density at radius 2 is 2.13 bits per heavy atom. The van der Waals surface area contributed by atoms with E-state index in [1.165, 1.54) is 6.42 Å². The molecule has 0 amide bonds. The summed E-state index contributed by atoms with van der Waals surface area (Å²) in [5, 5.41) is 10.6. The molecular formula is C13H22O2. The number of aliphatic hydroxyl groups is 1. The quantitative estimate of drug-likeness (QED) is 0.674. The van der Waals surface area contributed by atoms with Crippen LogP contribution in [-0.2, 0) is 4.74 Å². The zero-order valence-electron chi connectivity index (χ0n) is 10.3. The smallest absolute Gasteiger partial charge is 0.136 e. The highest BCUT2D eigenvalue weighted by Crippen LogP contribution is 2.46. The molecule has 15 heavy (non-hydrogen) atoms. The van der Waals surface area contributed by atoms with E-state index in [4.69, 9.17) is 4.74 Å². The van der Waals surface area contributed by atoms with E-state index < -0.39 is 5.60 Å². The van der Waals surface area contributed by atoms with Crippen LogP contribution in [-0.4, -0.2) is 17.3 Å². The van der Waals surface area contributed by atoms with Crippen LogP contribution in [0.25, 0.3) is 0 Å². The summed E-state index contributed by atoms with van der Waals surface area (Å²) in [7, 11) is 0. The predicted molar refractivity (Wildman–Crippen MR) is 61.1 cm³/mol. The molecule has 1 aliphatic carbocycles. The summed E-state index contributed by atoms with van der Waals surface area (Å²) < 4.78 is 5.02. The Morgan fingerprint density at radius 1 is 1.47 bits per heavy atom. The van der Waals surface area contributed by atoms with E-state index in [0.717, 1.165) is 12.8 Å². The van der Waals surface area contributed by atoms with Gasteiger partial charge in [0.2, 0.25) is 0 Å². The molecule has 0 aliphatic heterocycles. The minimum absolute atomic E-state index is 0.144. The lowest BCUT2D eigenvalue weighted by Gasteiger charge is -2.46. The number of ether oxygens (including phenoxy) is 1. The highest BCUT2D eigenvalue weighted by atomic mass is 16.5. The van der Waals surface area contributed by atoms with Crippen LogP contribution in [0.15, 0.2) is 0 Å². The van der Waals surface area contributed by atoms with Gasteiger partial charge in [-0.05, 0) is 31.6 Å². The molecule has 0 aromatic carbocycles. The molecule has 2 unspecified atom stereocenters. The van der Waals surface area contributed by atoms with Gasteiger partial charge < -0.3 is 9.84 Å². The molecule has 1 rings (SSSR count). The monoisotopic (exact) mass is 210 g/mol. The van der Waals surface area contributed by atoms with Crippen LogP contribution < -0.4 is 0 Å². The highest BCUT2D eigenvalue weighted by molar-refractivity contribution is 5.19. The fourth-order valence-corrected chi connectivity index (χ4v) is 2.40. The van der Waals surface area contributed by atoms with Crippen molar-refractivity contribution in [3.05, 3.63) is 0 Å². The average molecular weight is 210 g/mol. The molecule has 0 bridgehead atoms. The third-order valence-corrected chi connectivity index (χ3v) is 3.64. The van der Waals surface area contributed by atoms with Crippen molar-refractivity contribution >= 4 is 0 Å². The van der Waals surface area contributed by atoms with E-state index in [9.17, 15) is 5.11 Å². The number of rotatable bonds is 1. The highest BCUT2D eigenvalue weighted by Gasteiger charge is 2.48. The SMILES string of the molecule is CCOC#CC1(O)C(C)CCCC1(C)C. The normalized spacial score (nSPS) is 34.1. The van der Waals surface area contributed by atoms with Crippen molar-refractivity contribution in [1.82, 2.24) is 0 Å².